The van der Waals surface area contributed by atoms with Crippen LogP contribution >= 0.6 is 34.9 Å². The lowest BCUT2D eigenvalue weighted by Gasteiger charge is -2.41. The first-order valence-corrected chi connectivity index (χ1v) is 26.9. The molecular weight excluding hydrogens is 917 g/mol. The lowest BCUT2D eigenvalue weighted by Crippen LogP contribution is -2.62. The minimum Gasteiger partial charge on any atom is -0.339 e. The van der Waals surface area contributed by atoms with Crippen molar-refractivity contribution in [3.05, 3.63) is 105 Å². The van der Waals surface area contributed by atoms with Gasteiger partial charge in [0.05, 0.1) is 32.5 Å². The van der Waals surface area contributed by atoms with E-state index in [1.165, 1.54) is 56.6 Å². The largest absolute Gasteiger partial charge is 0.342 e. The Kier molecular flexibility index (Phi) is 14.1. The van der Waals surface area contributed by atoms with Gasteiger partial charge in [0.25, 0.3) is 11.8 Å². The smallest absolute Gasteiger partial charge is 0.339 e. The fourth-order valence-electron chi connectivity index (χ4n) is 10.6. The van der Waals surface area contributed by atoms with Crippen LogP contribution in [0.4, 0.5) is 21.0 Å². The Balaban J connectivity index is 1.04. The number of benzene rings is 3. The highest BCUT2D eigenvalue weighted by molar-refractivity contribution is 8.00. The van der Waals surface area contributed by atoms with E-state index in [4.69, 9.17) is 11.5 Å². The van der Waals surface area contributed by atoms with Gasteiger partial charge in [-0.15, -0.1) is 34.9 Å². The lowest BCUT2D eigenvalue weighted by molar-refractivity contribution is -0.126. The SMILES string of the molecule is CSc1cc(C(=O)N2CCC3(CC2)CC(C)c2ccc(CN)cc23)cc(N(C(=O)NC2CCC2=O)N(C(=O)NC2CCC2=O)c2cc(C(=O)N3CCC(c4cccc(CN)c4)CC3)sc2SC)c1. The molecule has 4 aromatic rings. The highest BCUT2D eigenvalue weighted by Crippen LogP contribution is 2.52. The van der Waals surface area contributed by atoms with Crippen molar-refractivity contribution in [1.29, 1.82) is 0 Å². The van der Waals surface area contributed by atoms with Gasteiger partial charge in [-0.1, -0.05) is 49.4 Å². The molecule has 2 aliphatic heterocycles. The van der Waals surface area contributed by atoms with E-state index in [1.54, 1.807) is 24.3 Å². The molecule has 17 heteroatoms. The third kappa shape index (κ3) is 9.31. The summed E-state index contributed by atoms with van der Waals surface area (Å²) in [6.07, 6.45) is 9.39. The molecule has 3 unspecified atom stereocenters. The van der Waals surface area contributed by atoms with Crippen LogP contribution in [0, 0.1) is 0 Å². The standard InChI is InChI=1S/C51H60N8O6S3/c1-30-27-51(39-22-32(29-53)7-8-38(30)39)15-19-57(20-16-51)46(62)35-23-36(25-37(24-35)66-2)58(49(64)54-40-9-11-43(40)60)59(50(65)55-41-10-12-44(41)61)42-26-45(68-48(42)67-3)47(63)56-17-13-33(14-18-56)34-6-4-5-31(21-34)28-52/h4-8,21-26,30,33,40-41H,9-20,27-29,52-53H2,1-3H3,(H,54,64)(H,55,65). The number of nitrogens with zero attached hydrogens (tertiary/aromatic N) is 4. The van der Waals surface area contributed by atoms with Gasteiger partial charge in [0.1, 0.15) is 0 Å². The summed E-state index contributed by atoms with van der Waals surface area (Å²) in [4.78, 5) is 89.1. The molecule has 0 radical (unpaired) electrons. The van der Waals surface area contributed by atoms with Crippen molar-refractivity contribution in [2.75, 3.05) is 48.7 Å². The van der Waals surface area contributed by atoms with Gasteiger partial charge in [0.2, 0.25) is 0 Å². The topological polar surface area (TPSA) is 191 Å². The Morgan fingerprint density at radius 3 is 2.00 bits per heavy atom. The number of likely N-dealkylation sites (tertiary alicyclic amines) is 2. The summed E-state index contributed by atoms with van der Waals surface area (Å²) in [6, 6.07) is 18.6. The summed E-state index contributed by atoms with van der Waals surface area (Å²) < 4.78 is 0.579. The molecule has 3 aliphatic carbocycles. The number of hydrazine groups is 1. The molecule has 2 saturated heterocycles. The van der Waals surface area contributed by atoms with E-state index >= 15 is 0 Å². The average molecular weight is 977 g/mol. The molecule has 6 amide bonds. The van der Waals surface area contributed by atoms with E-state index in [2.05, 4.69) is 47.9 Å². The van der Waals surface area contributed by atoms with Crippen LogP contribution in [0.25, 0.3) is 0 Å². The number of thiophene rings is 1. The van der Waals surface area contributed by atoms with Crippen LogP contribution in [0.3, 0.4) is 0 Å². The van der Waals surface area contributed by atoms with E-state index in [0.29, 0.717) is 90.4 Å². The Labute approximate surface area is 410 Å². The van der Waals surface area contributed by atoms with Gasteiger partial charge >= 0.3 is 12.1 Å². The van der Waals surface area contributed by atoms with E-state index in [0.717, 1.165) is 48.2 Å². The maximum absolute atomic E-state index is 14.9. The van der Waals surface area contributed by atoms with Crippen LogP contribution in [0.5, 0.6) is 0 Å². The van der Waals surface area contributed by atoms with Gasteiger partial charge in [0.15, 0.2) is 11.6 Å². The molecule has 2 saturated carbocycles. The van der Waals surface area contributed by atoms with Crippen LogP contribution in [0.2, 0.25) is 0 Å². The number of anilines is 2. The van der Waals surface area contributed by atoms with Gasteiger partial charge in [-0.25, -0.2) is 9.59 Å². The number of hydrogen-bond donors (Lipinski definition) is 4. The zero-order valence-corrected chi connectivity index (χ0v) is 41.3. The van der Waals surface area contributed by atoms with Gasteiger partial charge in [-0.05, 0) is 127 Å². The molecule has 1 aromatic heterocycles. The Morgan fingerprint density at radius 2 is 1.40 bits per heavy atom. The van der Waals surface area contributed by atoms with Crippen molar-refractivity contribution in [2.24, 2.45) is 11.5 Å². The number of thioether (sulfide) groups is 2. The first-order valence-electron chi connectivity index (χ1n) is 23.7. The average Bonchev–Trinajstić information content (AvgIpc) is 3.92. The molecule has 6 N–H and O–H groups in total. The number of rotatable bonds is 11. The number of amides is 6. The highest BCUT2D eigenvalue weighted by atomic mass is 32.2. The minimum atomic E-state index is -0.771. The summed E-state index contributed by atoms with van der Waals surface area (Å²) in [6.45, 7) is 5.34. The van der Waals surface area contributed by atoms with Gasteiger partial charge < -0.3 is 31.9 Å². The number of nitrogens with two attached hydrogens (primary N) is 2. The van der Waals surface area contributed by atoms with Crippen molar-refractivity contribution < 1.29 is 28.8 Å². The monoisotopic (exact) mass is 976 g/mol. The third-order valence-corrected chi connectivity index (χ3v) is 17.8. The second-order valence-corrected chi connectivity index (χ2v) is 21.9. The zero-order valence-electron chi connectivity index (χ0n) is 38.9. The maximum atomic E-state index is 14.9. The Bertz CT molecular complexity index is 2640. The molecule has 3 heterocycles. The van der Waals surface area contributed by atoms with E-state index < -0.39 is 24.1 Å². The van der Waals surface area contributed by atoms with Crippen molar-refractivity contribution in [3.63, 3.8) is 0 Å². The molecule has 9 rings (SSSR count). The zero-order chi connectivity index (χ0) is 47.9. The number of ketones is 2. The number of piperidine rings is 2. The second kappa shape index (κ2) is 20.0. The van der Waals surface area contributed by atoms with Gasteiger partial charge in [0, 0.05) is 62.6 Å². The van der Waals surface area contributed by atoms with Crippen molar-refractivity contribution in [3.8, 4) is 0 Å². The van der Waals surface area contributed by atoms with Gasteiger partial charge in [-0.3, -0.25) is 19.2 Å². The predicted octanol–water partition coefficient (Wildman–Crippen LogP) is 7.92. The first kappa shape index (κ1) is 47.8. The summed E-state index contributed by atoms with van der Waals surface area (Å²) in [7, 11) is 0. The number of nitrogens with one attached hydrogen (secondary N) is 2. The minimum absolute atomic E-state index is 0.0458. The fraction of sp³-hybridized carbons (Fsp3) is 0.451. The predicted molar refractivity (Wildman–Crippen MR) is 269 cm³/mol. The molecule has 3 atom stereocenters. The molecule has 14 nitrogen and oxygen atoms in total. The van der Waals surface area contributed by atoms with Crippen molar-refractivity contribution >= 4 is 81.7 Å². The summed E-state index contributed by atoms with van der Waals surface area (Å²) >= 11 is 3.94. The number of carbonyl (C=O) groups is 6. The summed E-state index contributed by atoms with van der Waals surface area (Å²) in [5.74, 6) is 0.0412. The van der Waals surface area contributed by atoms with Crippen LogP contribution < -0.4 is 32.1 Å². The third-order valence-electron chi connectivity index (χ3n) is 14.8. The molecule has 5 aliphatic rings. The Morgan fingerprint density at radius 1 is 0.750 bits per heavy atom. The van der Waals surface area contributed by atoms with E-state index in [-0.39, 0.29) is 46.1 Å². The Hall–Kier alpha value is -5.20. The van der Waals surface area contributed by atoms with Crippen LogP contribution in [-0.4, -0.2) is 96.0 Å². The quantitative estimate of drug-likeness (QED) is 0.0849. The fourth-order valence-corrected chi connectivity index (χ4v) is 12.9. The molecule has 4 fully saturated rings. The van der Waals surface area contributed by atoms with Crippen molar-refractivity contribution in [2.45, 2.75) is 116 Å². The summed E-state index contributed by atoms with van der Waals surface area (Å²) in [5.41, 5.74) is 18.8. The molecule has 68 heavy (non-hydrogen) atoms. The van der Waals surface area contributed by atoms with Gasteiger partial charge in [-0.2, -0.15) is 10.0 Å². The number of fused-ring (bicyclic) bond motifs is 2. The molecule has 0 bridgehead atoms. The lowest BCUT2D eigenvalue weighted by atomic mass is 9.73. The van der Waals surface area contributed by atoms with Crippen LogP contribution in [0.15, 0.2) is 75.8 Å². The number of Topliss-reactive ketones (excluding diaryl/α,β-unsaturated/α-hetero) is 2. The summed E-state index contributed by atoms with van der Waals surface area (Å²) in [5, 5.41) is 8.04. The van der Waals surface area contributed by atoms with E-state index in [9.17, 15) is 28.8 Å². The number of hydrogen-bond acceptors (Lipinski definition) is 11. The normalized spacial score (nSPS) is 20.9. The second-order valence-electron chi connectivity index (χ2n) is 18.9. The van der Waals surface area contributed by atoms with E-state index in [1.807, 2.05) is 34.4 Å². The number of urea groups is 2. The molecule has 1 spiro atoms. The molecule has 358 valence electrons. The van der Waals surface area contributed by atoms with Crippen molar-refractivity contribution in [1.82, 2.24) is 20.4 Å². The maximum Gasteiger partial charge on any atom is 0.342 e. The number of carbonyl (C=O) groups excluding carboxylic acids is 6. The van der Waals surface area contributed by atoms with Crippen LogP contribution in [-0.2, 0) is 28.1 Å². The first-order chi connectivity index (χ1) is 32.8. The highest BCUT2D eigenvalue weighted by Gasteiger charge is 2.45. The van der Waals surface area contributed by atoms with Crippen LogP contribution in [0.1, 0.15) is 124 Å². The molecule has 3 aromatic carbocycles. The molecular formula is C51H60N8O6S3.